The number of esters is 1. The Balaban J connectivity index is 1.92. The van der Waals surface area contributed by atoms with Gasteiger partial charge >= 0.3 is 5.97 Å². The first-order chi connectivity index (χ1) is 11.2. The topological polar surface area (TPSA) is 44.8 Å². The number of ether oxygens (including phenoxy) is 3. The van der Waals surface area contributed by atoms with Crippen molar-refractivity contribution in [1.29, 1.82) is 0 Å². The van der Waals surface area contributed by atoms with E-state index in [9.17, 15) is 4.79 Å². The van der Waals surface area contributed by atoms with E-state index in [1.165, 1.54) is 18.2 Å². The maximum absolute atomic E-state index is 12.5. The molecule has 1 aromatic carbocycles. The zero-order valence-corrected chi connectivity index (χ0v) is 13.7. The smallest absolute Gasteiger partial charge is 0.334 e. The van der Waals surface area contributed by atoms with Crippen LogP contribution in [-0.2, 0) is 19.0 Å². The molecule has 4 nitrogen and oxygen atoms in total. The summed E-state index contributed by atoms with van der Waals surface area (Å²) in [5.74, 6) is 0.364. The first-order valence-electron chi connectivity index (χ1n) is 8.23. The fourth-order valence-corrected chi connectivity index (χ4v) is 4.93. The molecule has 122 valence electrons. The number of benzene rings is 1. The molecule has 0 bridgehead atoms. The molecule has 0 N–H and O–H groups in total. The summed E-state index contributed by atoms with van der Waals surface area (Å²) in [6.45, 7) is 2.90. The Hall–Kier alpha value is -1.65. The van der Waals surface area contributed by atoms with E-state index in [0.717, 1.165) is 17.6 Å². The van der Waals surface area contributed by atoms with Crippen molar-refractivity contribution in [2.75, 3.05) is 20.8 Å². The molecular formula is C19H22O4. The van der Waals surface area contributed by atoms with Crippen LogP contribution in [0.4, 0.5) is 0 Å². The Labute approximate surface area is 136 Å². The number of fused-ring (bicyclic) bond motifs is 5. The summed E-state index contributed by atoms with van der Waals surface area (Å²) in [4.78, 5) is 12.5. The summed E-state index contributed by atoms with van der Waals surface area (Å²) >= 11 is 0. The Morgan fingerprint density at radius 2 is 1.96 bits per heavy atom. The molecule has 5 atom stereocenters. The van der Waals surface area contributed by atoms with Gasteiger partial charge in [0.25, 0.3) is 0 Å². The predicted octanol–water partition coefficient (Wildman–Crippen LogP) is 3.00. The molecule has 0 amide bonds. The third kappa shape index (κ3) is 1.95. The zero-order chi connectivity index (χ0) is 16.1. The fourth-order valence-electron chi connectivity index (χ4n) is 4.93. The van der Waals surface area contributed by atoms with Gasteiger partial charge in [-0.05, 0) is 29.0 Å². The molecule has 1 aliphatic heterocycles. The van der Waals surface area contributed by atoms with E-state index in [1.807, 2.05) is 12.1 Å². The molecule has 0 aromatic heterocycles. The van der Waals surface area contributed by atoms with Crippen LogP contribution in [-0.4, -0.2) is 32.9 Å². The molecule has 0 spiro atoms. The van der Waals surface area contributed by atoms with E-state index in [2.05, 4.69) is 19.1 Å². The minimum Gasteiger partial charge on any atom is -0.466 e. The summed E-state index contributed by atoms with van der Waals surface area (Å²) in [5.41, 5.74) is 4.35. The standard InChI is InChI=1S/C19H22O4/c1-10-14-15(11-6-4-5-7-12(11)17(10)21-2)16(19(20)22-3)13-8-9-23-18(13)14/h4-7,10,14-15,17-18H,8-9H2,1-3H3/t10-,14-,15-,17+,18-/m1/s1. The van der Waals surface area contributed by atoms with Gasteiger partial charge in [-0.2, -0.15) is 0 Å². The molecule has 3 aliphatic rings. The quantitative estimate of drug-likeness (QED) is 0.787. The molecule has 0 unspecified atom stereocenters. The van der Waals surface area contributed by atoms with Gasteiger partial charge in [-0.25, -0.2) is 4.79 Å². The van der Waals surface area contributed by atoms with Gasteiger partial charge in [0.15, 0.2) is 0 Å². The third-order valence-electron chi connectivity index (χ3n) is 5.79. The van der Waals surface area contributed by atoms with Crippen molar-refractivity contribution in [2.45, 2.75) is 31.5 Å². The minimum atomic E-state index is -0.208. The number of rotatable bonds is 2. The number of carbonyl (C=O) groups is 1. The lowest BCUT2D eigenvalue weighted by molar-refractivity contribution is -0.136. The first-order valence-corrected chi connectivity index (χ1v) is 8.23. The number of methoxy groups -OCH3 is 2. The van der Waals surface area contributed by atoms with E-state index in [1.54, 1.807) is 7.11 Å². The lowest BCUT2D eigenvalue weighted by Crippen LogP contribution is -2.37. The summed E-state index contributed by atoms with van der Waals surface area (Å²) < 4.78 is 17.0. The summed E-state index contributed by atoms with van der Waals surface area (Å²) in [7, 11) is 3.22. The fraction of sp³-hybridized carbons (Fsp3) is 0.526. The molecule has 0 radical (unpaired) electrons. The second kappa shape index (κ2) is 5.46. The van der Waals surface area contributed by atoms with Crippen molar-refractivity contribution < 1.29 is 19.0 Å². The molecule has 2 aliphatic carbocycles. The van der Waals surface area contributed by atoms with Crippen LogP contribution in [0, 0.1) is 11.8 Å². The van der Waals surface area contributed by atoms with Crippen LogP contribution >= 0.6 is 0 Å². The van der Waals surface area contributed by atoms with Crippen LogP contribution in [0.3, 0.4) is 0 Å². The highest BCUT2D eigenvalue weighted by Crippen LogP contribution is 2.58. The SMILES string of the molecule is COC(=O)C1=C2CCO[C@H]2[C@@H]2[C@@H](C)[C@H](OC)c3ccccc3[C@@H]12. The second-order valence-corrected chi connectivity index (χ2v) is 6.67. The largest absolute Gasteiger partial charge is 0.466 e. The van der Waals surface area contributed by atoms with Gasteiger partial charge in [0.05, 0.1) is 25.9 Å². The lowest BCUT2D eigenvalue weighted by atomic mass is 9.67. The Morgan fingerprint density at radius 1 is 1.22 bits per heavy atom. The van der Waals surface area contributed by atoms with Gasteiger partial charge in [-0.15, -0.1) is 0 Å². The second-order valence-electron chi connectivity index (χ2n) is 6.67. The van der Waals surface area contributed by atoms with Crippen LogP contribution in [0.1, 0.15) is 36.5 Å². The van der Waals surface area contributed by atoms with Crippen molar-refractivity contribution in [3.63, 3.8) is 0 Å². The highest BCUT2D eigenvalue weighted by Gasteiger charge is 2.55. The van der Waals surface area contributed by atoms with E-state index in [-0.39, 0.29) is 35.9 Å². The minimum absolute atomic E-state index is 0.0232. The van der Waals surface area contributed by atoms with Gasteiger partial charge in [-0.3, -0.25) is 0 Å². The third-order valence-corrected chi connectivity index (χ3v) is 5.79. The molecule has 0 saturated carbocycles. The predicted molar refractivity (Wildman–Crippen MR) is 85.0 cm³/mol. The number of carbonyl (C=O) groups excluding carboxylic acids is 1. The molecule has 23 heavy (non-hydrogen) atoms. The summed E-state index contributed by atoms with van der Waals surface area (Å²) in [6.07, 6.45) is 0.888. The van der Waals surface area contributed by atoms with Crippen LogP contribution < -0.4 is 0 Å². The molecule has 1 aromatic rings. The molecule has 1 heterocycles. The zero-order valence-electron chi connectivity index (χ0n) is 13.7. The van der Waals surface area contributed by atoms with E-state index >= 15 is 0 Å². The molecular weight excluding hydrogens is 292 g/mol. The van der Waals surface area contributed by atoms with Crippen LogP contribution in [0.15, 0.2) is 35.4 Å². The van der Waals surface area contributed by atoms with Crippen molar-refractivity contribution in [3.05, 3.63) is 46.5 Å². The van der Waals surface area contributed by atoms with E-state index in [0.29, 0.717) is 6.61 Å². The average molecular weight is 314 g/mol. The van der Waals surface area contributed by atoms with Crippen molar-refractivity contribution in [1.82, 2.24) is 0 Å². The summed E-state index contributed by atoms with van der Waals surface area (Å²) in [6, 6.07) is 8.31. The molecule has 1 fully saturated rings. The highest BCUT2D eigenvalue weighted by atomic mass is 16.5. The maximum Gasteiger partial charge on any atom is 0.334 e. The van der Waals surface area contributed by atoms with Gasteiger partial charge in [0, 0.05) is 24.5 Å². The Morgan fingerprint density at radius 3 is 2.65 bits per heavy atom. The molecule has 4 rings (SSSR count). The van der Waals surface area contributed by atoms with E-state index in [4.69, 9.17) is 14.2 Å². The van der Waals surface area contributed by atoms with Crippen molar-refractivity contribution >= 4 is 5.97 Å². The maximum atomic E-state index is 12.5. The van der Waals surface area contributed by atoms with Gasteiger partial charge in [0.1, 0.15) is 0 Å². The van der Waals surface area contributed by atoms with Gasteiger partial charge in [0.2, 0.25) is 0 Å². The average Bonchev–Trinajstić information content (AvgIpc) is 3.14. The van der Waals surface area contributed by atoms with Crippen LogP contribution in [0.5, 0.6) is 0 Å². The Kier molecular flexibility index (Phi) is 3.54. The van der Waals surface area contributed by atoms with Crippen molar-refractivity contribution in [2.24, 2.45) is 11.8 Å². The highest BCUT2D eigenvalue weighted by molar-refractivity contribution is 5.93. The monoisotopic (exact) mass is 314 g/mol. The lowest BCUT2D eigenvalue weighted by Gasteiger charge is -2.41. The number of hydrogen-bond donors (Lipinski definition) is 0. The van der Waals surface area contributed by atoms with Crippen molar-refractivity contribution in [3.8, 4) is 0 Å². The van der Waals surface area contributed by atoms with Gasteiger partial charge in [-0.1, -0.05) is 31.2 Å². The first kappa shape index (κ1) is 14.9. The summed E-state index contributed by atoms with van der Waals surface area (Å²) in [5, 5.41) is 0. The van der Waals surface area contributed by atoms with Crippen LogP contribution in [0.2, 0.25) is 0 Å². The molecule has 4 heteroatoms. The number of hydrogen-bond acceptors (Lipinski definition) is 4. The van der Waals surface area contributed by atoms with E-state index < -0.39 is 0 Å². The molecule has 1 saturated heterocycles. The Bertz CT molecular complexity index is 678. The van der Waals surface area contributed by atoms with Gasteiger partial charge < -0.3 is 14.2 Å². The normalized spacial score (nSPS) is 34.8. The van der Waals surface area contributed by atoms with Crippen LogP contribution in [0.25, 0.3) is 0 Å².